The summed E-state index contributed by atoms with van der Waals surface area (Å²) >= 11 is 0. The molecule has 1 aromatic carbocycles. The van der Waals surface area contributed by atoms with Crippen LogP contribution in [0.1, 0.15) is 32.7 Å². The Labute approximate surface area is 159 Å². The van der Waals surface area contributed by atoms with Crippen molar-refractivity contribution < 1.29 is 9.59 Å². The summed E-state index contributed by atoms with van der Waals surface area (Å²) in [5.41, 5.74) is 9.62. The van der Waals surface area contributed by atoms with Gasteiger partial charge in [-0.1, -0.05) is 24.3 Å². The zero-order valence-electron chi connectivity index (χ0n) is 16.0. The van der Waals surface area contributed by atoms with Gasteiger partial charge in [0.2, 0.25) is 5.91 Å². The van der Waals surface area contributed by atoms with E-state index < -0.39 is 5.91 Å². The predicted molar refractivity (Wildman–Crippen MR) is 104 cm³/mol. The molecule has 2 N–H and O–H groups in total. The van der Waals surface area contributed by atoms with Crippen LogP contribution in [-0.2, 0) is 11.2 Å². The molecular formula is C20H25N5O2. The third kappa shape index (κ3) is 3.92. The SMILES string of the molecule is Cc1ccccc1CC(=O)N1CCN(c2nnc(C)c(C)c2C(N)=O)CC1. The monoisotopic (exact) mass is 367 g/mol. The Bertz CT molecular complexity index is 873. The van der Waals surface area contributed by atoms with Crippen molar-refractivity contribution in [1.82, 2.24) is 15.1 Å². The van der Waals surface area contributed by atoms with Crippen LogP contribution < -0.4 is 10.6 Å². The number of primary amides is 1. The van der Waals surface area contributed by atoms with Gasteiger partial charge in [0.15, 0.2) is 5.82 Å². The molecule has 3 rings (SSSR count). The van der Waals surface area contributed by atoms with E-state index in [1.807, 2.05) is 47.9 Å². The first-order valence-corrected chi connectivity index (χ1v) is 9.09. The average Bonchev–Trinajstić information content (AvgIpc) is 2.65. The zero-order valence-corrected chi connectivity index (χ0v) is 16.0. The molecule has 0 atom stereocenters. The van der Waals surface area contributed by atoms with Crippen LogP contribution in [0.2, 0.25) is 0 Å². The molecule has 1 aromatic heterocycles. The summed E-state index contributed by atoms with van der Waals surface area (Å²) in [6.07, 6.45) is 0.405. The van der Waals surface area contributed by atoms with Gasteiger partial charge in [0.25, 0.3) is 5.91 Å². The lowest BCUT2D eigenvalue weighted by atomic mass is 10.0. The highest BCUT2D eigenvalue weighted by Crippen LogP contribution is 2.23. The molecule has 1 aliphatic rings. The van der Waals surface area contributed by atoms with Gasteiger partial charge in [0.05, 0.1) is 17.7 Å². The minimum atomic E-state index is -0.501. The second-order valence-corrected chi connectivity index (χ2v) is 6.94. The van der Waals surface area contributed by atoms with Gasteiger partial charge in [-0.25, -0.2) is 0 Å². The Hall–Kier alpha value is -2.96. The lowest BCUT2D eigenvalue weighted by Crippen LogP contribution is -2.50. The molecule has 0 unspecified atom stereocenters. The number of benzene rings is 1. The highest BCUT2D eigenvalue weighted by Gasteiger charge is 2.26. The van der Waals surface area contributed by atoms with Gasteiger partial charge in [-0.2, -0.15) is 5.10 Å². The number of nitrogens with zero attached hydrogens (tertiary/aromatic N) is 4. The second-order valence-electron chi connectivity index (χ2n) is 6.94. The first-order valence-electron chi connectivity index (χ1n) is 9.09. The highest BCUT2D eigenvalue weighted by molar-refractivity contribution is 5.99. The van der Waals surface area contributed by atoms with E-state index in [-0.39, 0.29) is 5.91 Å². The van der Waals surface area contributed by atoms with Crippen LogP contribution in [-0.4, -0.2) is 53.1 Å². The van der Waals surface area contributed by atoms with Crippen molar-refractivity contribution >= 4 is 17.6 Å². The van der Waals surface area contributed by atoms with E-state index in [1.54, 1.807) is 6.92 Å². The number of carbonyl (C=O) groups excluding carboxylic acids is 2. The number of nitrogens with two attached hydrogens (primary N) is 1. The molecule has 0 saturated carbocycles. The summed E-state index contributed by atoms with van der Waals surface area (Å²) in [5.74, 6) is 0.125. The van der Waals surface area contributed by atoms with E-state index in [1.165, 1.54) is 0 Å². The summed E-state index contributed by atoms with van der Waals surface area (Å²) in [7, 11) is 0. The van der Waals surface area contributed by atoms with E-state index >= 15 is 0 Å². The summed E-state index contributed by atoms with van der Waals surface area (Å²) in [6.45, 7) is 8.00. The number of hydrogen-bond acceptors (Lipinski definition) is 5. The van der Waals surface area contributed by atoms with E-state index in [2.05, 4.69) is 10.2 Å². The Balaban J connectivity index is 1.69. The lowest BCUT2D eigenvalue weighted by Gasteiger charge is -2.36. The number of amides is 2. The Morgan fingerprint density at radius 3 is 2.33 bits per heavy atom. The number of aryl methyl sites for hydroxylation is 2. The minimum Gasteiger partial charge on any atom is -0.365 e. The van der Waals surface area contributed by atoms with Crippen LogP contribution in [0.25, 0.3) is 0 Å². The van der Waals surface area contributed by atoms with Crippen LogP contribution in [0.5, 0.6) is 0 Å². The van der Waals surface area contributed by atoms with Crippen LogP contribution in [0.4, 0.5) is 5.82 Å². The maximum atomic E-state index is 12.6. The molecule has 142 valence electrons. The van der Waals surface area contributed by atoms with E-state index in [4.69, 9.17) is 5.73 Å². The van der Waals surface area contributed by atoms with Gasteiger partial charge in [-0.15, -0.1) is 5.10 Å². The first kappa shape index (κ1) is 18.8. The quantitative estimate of drug-likeness (QED) is 0.882. The molecular weight excluding hydrogens is 342 g/mol. The maximum absolute atomic E-state index is 12.6. The third-order valence-corrected chi connectivity index (χ3v) is 5.22. The molecule has 2 aromatic rings. The molecule has 2 amide bonds. The molecule has 0 aliphatic carbocycles. The second kappa shape index (κ2) is 7.73. The maximum Gasteiger partial charge on any atom is 0.252 e. The van der Waals surface area contributed by atoms with Gasteiger partial charge in [-0.3, -0.25) is 9.59 Å². The fraction of sp³-hybridized carbons (Fsp3) is 0.400. The standard InChI is InChI=1S/C20H25N5O2/c1-13-6-4-5-7-16(13)12-17(26)24-8-10-25(11-9-24)20-18(19(21)27)14(2)15(3)22-23-20/h4-7H,8-12H2,1-3H3,(H2,21,27). The van der Waals surface area contributed by atoms with Crippen molar-refractivity contribution in [2.24, 2.45) is 5.73 Å². The van der Waals surface area contributed by atoms with E-state index in [0.29, 0.717) is 49.7 Å². The number of hydrogen-bond donors (Lipinski definition) is 1. The molecule has 0 spiro atoms. The molecule has 7 nitrogen and oxygen atoms in total. The van der Waals surface area contributed by atoms with Gasteiger partial charge >= 0.3 is 0 Å². The molecule has 0 radical (unpaired) electrons. The highest BCUT2D eigenvalue weighted by atomic mass is 16.2. The van der Waals surface area contributed by atoms with Crippen LogP contribution in [0.3, 0.4) is 0 Å². The molecule has 2 heterocycles. The average molecular weight is 367 g/mol. The van der Waals surface area contributed by atoms with Gasteiger partial charge < -0.3 is 15.5 Å². The number of piperazine rings is 1. The lowest BCUT2D eigenvalue weighted by molar-refractivity contribution is -0.130. The fourth-order valence-electron chi connectivity index (χ4n) is 3.36. The Kier molecular flexibility index (Phi) is 5.39. The molecule has 1 fully saturated rings. The summed E-state index contributed by atoms with van der Waals surface area (Å²) in [5, 5.41) is 8.34. The number of carbonyl (C=O) groups is 2. The van der Waals surface area contributed by atoms with Crippen molar-refractivity contribution in [3.05, 3.63) is 52.2 Å². The van der Waals surface area contributed by atoms with Crippen LogP contribution >= 0.6 is 0 Å². The molecule has 27 heavy (non-hydrogen) atoms. The number of anilines is 1. The Morgan fingerprint density at radius 1 is 1.04 bits per heavy atom. The predicted octanol–water partition coefficient (Wildman–Crippen LogP) is 1.39. The molecule has 0 bridgehead atoms. The van der Waals surface area contributed by atoms with Gasteiger partial charge in [0, 0.05) is 26.2 Å². The van der Waals surface area contributed by atoms with Gasteiger partial charge in [0.1, 0.15) is 0 Å². The Morgan fingerprint density at radius 2 is 1.70 bits per heavy atom. The van der Waals surface area contributed by atoms with Crippen LogP contribution in [0.15, 0.2) is 24.3 Å². The van der Waals surface area contributed by atoms with Crippen molar-refractivity contribution in [2.75, 3.05) is 31.1 Å². The van der Waals surface area contributed by atoms with E-state index in [9.17, 15) is 9.59 Å². The smallest absolute Gasteiger partial charge is 0.252 e. The summed E-state index contributed by atoms with van der Waals surface area (Å²) < 4.78 is 0. The van der Waals surface area contributed by atoms with Crippen molar-refractivity contribution in [3.63, 3.8) is 0 Å². The third-order valence-electron chi connectivity index (χ3n) is 5.22. The largest absolute Gasteiger partial charge is 0.365 e. The molecule has 7 heteroatoms. The van der Waals surface area contributed by atoms with Crippen LogP contribution in [0, 0.1) is 20.8 Å². The number of rotatable bonds is 4. The van der Waals surface area contributed by atoms with E-state index in [0.717, 1.165) is 16.7 Å². The molecule has 1 saturated heterocycles. The zero-order chi connectivity index (χ0) is 19.6. The molecule has 1 aliphatic heterocycles. The summed E-state index contributed by atoms with van der Waals surface area (Å²) in [6, 6.07) is 7.94. The van der Waals surface area contributed by atoms with Crippen molar-refractivity contribution in [2.45, 2.75) is 27.2 Å². The fourth-order valence-corrected chi connectivity index (χ4v) is 3.36. The van der Waals surface area contributed by atoms with Crippen molar-refractivity contribution in [3.8, 4) is 0 Å². The van der Waals surface area contributed by atoms with Gasteiger partial charge in [-0.05, 0) is 37.5 Å². The first-order chi connectivity index (χ1) is 12.9. The number of aromatic nitrogens is 2. The normalized spacial score (nSPS) is 14.3. The van der Waals surface area contributed by atoms with Crippen molar-refractivity contribution in [1.29, 1.82) is 0 Å². The topological polar surface area (TPSA) is 92.4 Å². The summed E-state index contributed by atoms with van der Waals surface area (Å²) in [4.78, 5) is 28.4. The minimum absolute atomic E-state index is 0.116.